The molecule has 1 aliphatic heterocycles. The highest BCUT2D eigenvalue weighted by atomic mass is 35.5. The molecule has 1 atom stereocenters. The van der Waals surface area contributed by atoms with Crippen molar-refractivity contribution in [3.8, 4) is 11.4 Å². The largest absolute Gasteiger partial charge is 0.376 e. The first-order valence-corrected chi connectivity index (χ1v) is 10.2. The Morgan fingerprint density at radius 1 is 1.15 bits per heavy atom. The van der Waals surface area contributed by atoms with Crippen LogP contribution in [0.25, 0.3) is 11.4 Å². The maximum absolute atomic E-state index is 13.3. The monoisotopic (exact) mass is 403 g/mol. The van der Waals surface area contributed by atoms with Crippen LogP contribution in [0.1, 0.15) is 18.4 Å². The molecule has 0 aliphatic carbocycles. The Morgan fingerprint density at radius 2 is 1.96 bits per heavy atom. The topological polar surface area (TPSA) is 39.9 Å². The van der Waals surface area contributed by atoms with Gasteiger partial charge in [-0.3, -0.25) is 4.57 Å². The molecule has 0 unspecified atom stereocenters. The van der Waals surface area contributed by atoms with E-state index < -0.39 is 0 Å². The van der Waals surface area contributed by atoms with Gasteiger partial charge in [-0.2, -0.15) is 0 Å². The summed E-state index contributed by atoms with van der Waals surface area (Å²) < 4.78 is 21.2. The average Bonchev–Trinajstić information content (AvgIpc) is 3.33. The van der Waals surface area contributed by atoms with E-state index in [0.717, 1.165) is 46.6 Å². The zero-order valence-corrected chi connectivity index (χ0v) is 16.2. The molecule has 0 bridgehead atoms. The van der Waals surface area contributed by atoms with Crippen LogP contribution in [-0.2, 0) is 17.0 Å². The summed E-state index contributed by atoms with van der Waals surface area (Å²) in [6.45, 7) is 1.48. The SMILES string of the molecule is Fc1ccc(-c2nnc(SCc3ccccc3Cl)n2C[C@H]2CCCO2)cc1. The Labute approximate surface area is 166 Å². The van der Waals surface area contributed by atoms with E-state index in [-0.39, 0.29) is 11.9 Å². The van der Waals surface area contributed by atoms with E-state index in [2.05, 4.69) is 14.8 Å². The Hall–Kier alpha value is -1.89. The molecule has 0 N–H and O–H groups in total. The molecule has 0 spiro atoms. The maximum atomic E-state index is 13.3. The summed E-state index contributed by atoms with van der Waals surface area (Å²) in [6.07, 6.45) is 2.25. The normalized spacial score (nSPS) is 16.7. The van der Waals surface area contributed by atoms with Gasteiger partial charge in [-0.15, -0.1) is 10.2 Å². The number of rotatable bonds is 6. The van der Waals surface area contributed by atoms with Crippen molar-refractivity contribution in [1.29, 1.82) is 0 Å². The Bertz CT molecular complexity index is 910. The fourth-order valence-electron chi connectivity index (χ4n) is 3.12. The highest BCUT2D eigenvalue weighted by Gasteiger charge is 2.22. The summed E-state index contributed by atoms with van der Waals surface area (Å²) in [4.78, 5) is 0. The van der Waals surface area contributed by atoms with Crippen LogP contribution in [0.3, 0.4) is 0 Å². The Balaban J connectivity index is 1.61. The van der Waals surface area contributed by atoms with Crippen molar-refractivity contribution in [1.82, 2.24) is 14.8 Å². The molecule has 1 fully saturated rings. The van der Waals surface area contributed by atoms with Gasteiger partial charge in [-0.1, -0.05) is 41.6 Å². The second-order valence-electron chi connectivity index (χ2n) is 6.44. The molecule has 4 rings (SSSR count). The summed E-state index contributed by atoms with van der Waals surface area (Å²) in [5, 5.41) is 10.3. The minimum absolute atomic E-state index is 0.153. The molecule has 27 heavy (non-hydrogen) atoms. The zero-order chi connectivity index (χ0) is 18.6. The molecule has 4 nitrogen and oxygen atoms in total. The summed E-state index contributed by atoms with van der Waals surface area (Å²) in [5.41, 5.74) is 1.89. The highest BCUT2D eigenvalue weighted by Crippen LogP contribution is 2.30. The van der Waals surface area contributed by atoms with Crippen LogP contribution in [0.5, 0.6) is 0 Å². The predicted molar refractivity (Wildman–Crippen MR) is 105 cm³/mol. The van der Waals surface area contributed by atoms with Gasteiger partial charge in [-0.25, -0.2) is 4.39 Å². The van der Waals surface area contributed by atoms with Gasteiger partial charge in [0.15, 0.2) is 11.0 Å². The van der Waals surface area contributed by atoms with Crippen LogP contribution in [-0.4, -0.2) is 27.5 Å². The number of benzene rings is 2. The summed E-state index contributed by atoms with van der Waals surface area (Å²) in [6, 6.07) is 14.1. The molecule has 0 amide bonds. The molecular weight excluding hydrogens is 385 g/mol. The zero-order valence-electron chi connectivity index (χ0n) is 14.6. The quantitative estimate of drug-likeness (QED) is 0.530. The average molecular weight is 404 g/mol. The first kappa shape index (κ1) is 18.5. The molecule has 1 aliphatic rings. The first-order chi connectivity index (χ1) is 13.2. The van der Waals surface area contributed by atoms with Gasteiger partial charge in [0.1, 0.15) is 5.82 Å². The van der Waals surface area contributed by atoms with Gasteiger partial charge in [0.2, 0.25) is 0 Å². The lowest BCUT2D eigenvalue weighted by Crippen LogP contribution is -2.16. The third-order valence-electron chi connectivity index (χ3n) is 4.54. The molecule has 7 heteroatoms. The third kappa shape index (κ3) is 4.34. The minimum Gasteiger partial charge on any atom is -0.376 e. The van der Waals surface area contributed by atoms with Gasteiger partial charge in [0.05, 0.1) is 12.6 Å². The molecule has 2 heterocycles. The van der Waals surface area contributed by atoms with E-state index in [4.69, 9.17) is 16.3 Å². The van der Waals surface area contributed by atoms with Crippen molar-refractivity contribution in [2.75, 3.05) is 6.61 Å². The summed E-state index contributed by atoms with van der Waals surface area (Å²) in [7, 11) is 0. The molecule has 140 valence electrons. The Morgan fingerprint density at radius 3 is 2.70 bits per heavy atom. The van der Waals surface area contributed by atoms with Crippen molar-refractivity contribution >= 4 is 23.4 Å². The lowest BCUT2D eigenvalue weighted by atomic mass is 10.2. The van der Waals surface area contributed by atoms with Crippen LogP contribution in [0, 0.1) is 5.82 Å². The van der Waals surface area contributed by atoms with Crippen molar-refractivity contribution in [2.45, 2.75) is 36.4 Å². The Kier molecular flexibility index (Phi) is 5.76. The summed E-state index contributed by atoms with van der Waals surface area (Å²) in [5.74, 6) is 1.16. The maximum Gasteiger partial charge on any atom is 0.191 e. The van der Waals surface area contributed by atoms with E-state index in [9.17, 15) is 4.39 Å². The van der Waals surface area contributed by atoms with E-state index in [1.54, 1.807) is 23.9 Å². The smallest absolute Gasteiger partial charge is 0.191 e. The standard InChI is InChI=1S/C20H19ClFN3OS/c21-18-6-2-1-4-15(18)13-27-20-24-23-19(14-7-9-16(22)10-8-14)25(20)12-17-5-3-11-26-17/h1-2,4,6-10,17H,3,5,11-13H2/t17-/m1/s1. The van der Waals surface area contributed by atoms with Gasteiger partial charge in [0, 0.05) is 22.9 Å². The van der Waals surface area contributed by atoms with Gasteiger partial charge < -0.3 is 4.74 Å². The lowest BCUT2D eigenvalue weighted by Gasteiger charge is -2.15. The minimum atomic E-state index is -0.266. The number of halogens is 2. The molecule has 1 aromatic heterocycles. The van der Waals surface area contributed by atoms with Gasteiger partial charge in [0.25, 0.3) is 0 Å². The molecule has 0 radical (unpaired) electrons. The summed E-state index contributed by atoms with van der Waals surface area (Å²) >= 11 is 7.86. The van der Waals surface area contributed by atoms with Crippen molar-refractivity contribution in [3.05, 3.63) is 64.9 Å². The van der Waals surface area contributed by atoms with Crippen LogP contribution in [0.15, 0.2) is 53.7 Å². The van der Waals surface area contributed by atoms with Crippen molar-refractivity contribution < 1.29 is 9.13 Å². The molecular formula is C20H19ClFN3OS. The van der Waals surface area contributed by atoms with Crippen LogP contribution >= 0.6 is 23.4 Å². The van der Waals surface area contributed by atoms with E-state index in [1.165, 1.54) is 12.1 Å². The number of hydrogen-bond acceptors (Lipinski definition) is 4. The molecule has 1 saturated heterocycles. The number of aromatic nitrogens is 3. The van der Waals surface area contributed by atoms with Crippen molar-refractivity contribution in [3.63, 3.8) is 0 Å². The van der Waals surface area contributed by atoms with E-state index >= 15 is 0 Å². The fraction of sp³-hybridized carbons (Fsp3) is 0.300. The van der Waals surface area contributed by atoms with E-state index in [0.29, 0.717) is 12.3 Å². The number of thioether (sulfide) groups is 1. The van der Waals surface area contributed by atoms with Crippen LogP contribution < -0.4 is 0 Å². The molecule has 0 saturated carbocycles. The number of ether oxygens (including phenoxy) is 1. The van der Waals surface area contributed by atoms with Gasteiger partial charge in [-0.05, 0) is 48.7 Å². The molecule has 2 aromatic carbocycles. The fourth-order valence-corrected chi connectivity index (χ4v) is 4.36. The predicted octanol–water partition coefficient (Wildman–Crippen LogP) is 5.21. The number of nitrogens with zero attached hydrogens (tertiary/aromatic N) is 3. The van der Waals surface area contributed by atoms with Crippen LogP contribution in [0.2, 0.25) is 5.02 Å². The van der Waals surface area contributed by atoms with E-state index in [1.807, 2.05) is 24.3 Å². The second-order valence-corrected chi connectivity index (χ2v) is 7.79. The second kappa shape index (κ2) is 8.42. The lowest BCUT2D eigenvalue weighted by molar-refractivity contribution is 0.0953. The van der Waals surface area contributed by atoms with Gasteiger partial charge >= 0.3 is 0 Å². The number of hydrogen-bond donors (Lipinski definition) is 0. The first-order valence-electron chi connectivity index (χ1n) is 8.87. The highest BCUT2D eigenvalue weighted by molar-refractivity contribution is 7.98. The molecule has 3 aromatic rings. The van der Waals surface area contributed by atoms with Crippen LogP contribution in [0.4, 0.5) is 4.39 Å². The third-order valence-corrected chi connectivity index (χ3v) is 5.93. The van der Waals surface area contributed by atoms with Crippen molar-refractivity contribution in [2.24, 2.45) is 0 Å².